The molecule has 3 heterocycles. The zero-order chi connectivity index (χ0) is 13.1. The van der Waals surface area contributed by atoms with E-state index in [1.54, 1.807) is 11.3 Å². The minimum atomic E-state index is 1.00. The van der Waals surface area contributed by atoms with E-state index in [0.717, 1.165) is 30.9 Å². The summed E-state index contributed by atoms with van der Waals surface area (Å²) < 4.78 is 1.27. The Morgan fingerprint density at radius 2 is 2.05 bits per heavy atom. The fourth-order valence-electron chi connectivity index (χ4n) is 2.66. The van der Waals surface area contributed by atoms with Gasteiger partial charge in [-0.1, -0.05) is 13.3 Å². The first kappa shape index (κ1) is 12.9. The van der Waals surface area contributed by atoms with Crippen LogP contribution in [0.25, 0.3) is 10.2 Å². The van der Waals surface area contributed by atoms with Gasteiger partial charge in [-0.05, 0) is 37.1 Å². The van der Waals surface area contributed by atoms with Gasteiger partial charge in [0.15, 0.2) is 0 Å². The van der Waals surface area contributed by atoms with Crippen molar-refractivity contribution >= 4 is 27.4 Å². The lowest BCUT2D eigenvalue weighted by Gasteiger charge is -2.28. The van der Waals surface area contributed by atoms with E-state index in [9.17, 15) is 0 Å². The molecule has 0 bridgehead atoms. The zero-order valence-corrected chi connectivity index (χ0v) is 12.4. The molecule has 1 fully saturated rings. The highest BCUT2D eigenvalue weighted by Crippen LogP contribution is 2.30. The fraction of sp³-hybridized carbons (Fsp3) is 0.600. The van der Waals surface area contributed by atoms with Crippen molar-refractivity contribution in [1.29, 1.82) is 0 Å². The van der Waals surface area contributed by atoms with E-state index in [0.29, 0.717) is 0 Å². The van der Waals surface area contributed by atoms with Gasteiger partial charge < -0.3 is 4.90 Å². The number of aromatic nitrogens is 2. The third-order valence-electron chi connectivity index (χ3n) is 3.74. The van der Waals surface area contributed by atoms with Crippen LogP contribution in [0.3, 0.4) is 0 Å². The molecule has 0 N–H and O–H groups in total. The number of thiophene rings is 1. The van der Waals surface area contributed by atoms with Gasteiger partial charge in [-0.2, -0.15) is 0 Å². The molecule has 0 amide bonds. The Balaban J connectivity index is 1.97. The largest absolute Gasteiger partial charge is 0.355 e. The number of piperidine rings is 1. The van der Waals surface area contributed by atoms with Crippen LogP contribution in [0.1, 0.15) is 44.9 Å². The van der Waals surface area contributed by atoms with Crippen LogP contribution >= 0.6 is 11.3 Å². The number of fused-ring (bicyclic) bond motifs is 1. The van der Waals surface area contributed by atoms with Crippen LogP contribution in [-0.4, -0.2) is 23.1 Å². The summed E-state index contributed by atoms with van der Waals surface area (Å²) in [5.41, 5.74) is 1.13. The molecule has 0 aromatic carbocycles. The van der Waals surface area contributed by atoms with Gasteiger partial charge in [0.1, 0.15) is 11.6 Å². The van der Waals surface area contributed by atoms with E-state index in [4.69, 9.17) is 9.97 Å². The molecular weight excluding hydrogens is 254 g/mol. The fourth-order valence-corrected chi connectivity index (χ4v) is 3.51. The first-order chi connectivity index (χ1) is 9.38. The van der Waals surface area contributed by atoms with E-state index in [2.05, 4.69) is 23.3 Å². The Kier molecular flexibility index (Phi) is 3.97. The Hall–Kier alpha value is -1.16. The summed E-state index contributed by atoms with van der Waals surface area (Å²) in [6.45, 7) is 4.52. The molecule has 4 heteroatoms. The first-order valence-corrected chi connectivity index (χ1v) is 8.25. The Bertz CT molecular complexity index is 543. The maximum absolute atomic E-state index is 4.86. The highest BCUT2D eigenvalue weighted by Gasteiger charge is 2.17. The van der Waals surface area contributed by atoms with Gasteiger partial charge in [-0.15, -0.1) is 11.3 Å². The third-order valence-corrected chi connectivity index (χ3v) is 4.64. The van der Waals surface area contributed by atoms with Gasteiger partial charge in [-0.3, -0.25) is 0 Å². The molecule has 3 nitrogen and oxygen atoms in total. The van der Waals surface area contributed by atoms with Crippen LogP contribution in [0.2, 0.25) is 0 Å². The van der Waals surface area contributed by atoms with Crippen molar-refractivity contribution in [2.24, 2.45) is 0 Å². The molecule has 1 aliphatic rings. The number of hydrogen-bond donors (Lipinski definition) is 0. The molecule has 2 aromatic rings. The van der Waals surface area contributed by atoms with E-state index in [1.165, 1.54) is 42.6 Å². The van der Waals surface area contributed by atoms with Crippen molar-refractivity contribution in [2.45, 2.75) is 45.4 Å². The van der Waals surface area contributed by atoms with Crippen molar-refractivity contribution in [2.75, 3.05) is 18.0 Å². The predicted octanol–water partition coefficient (Wildman–Crippen LogP) is 4.02. The molecule has 19 heavy (non-hydrogen) atoms. The van der Waals surface area contributed by atoms with Crippen LogP contribution in [0.5, 0.6) is 0 Å². The van der Waals surface area contributed by atoms with Crippen molar-refractivity contribution in [3.63, 3.8) is 0 Å². The second-order valence-corrected chi connectivity index (χ2v) is 6.17. The lowest BCUT2D eigenvalue weighted by atomic mass is 10.1. The van der Waals surface area contributed by atoms with E-state index >= 15 is 0 Å². The molecule has 0 saturated carbocycles. The van der Waals surface area contributed by atoms with Gasteiger partial charge in [-0.25, -0.2) is 9.97 Å². The number of rotatable bonds is 4. The standard InChI is InChI=1S/C15H21N3S/c1-2-3-7-13-16-12-8-11-19-14(12)15(17-13)18-9-5-4-6-10-18/h8,11H,2-7,9-10H2,1H3. The summed E-state index contributed by atoms with van der Waals surface area (Å²) in [4.78, 5) is 12.0. The number of nitrogens with zero attached hydrogens (tertiary/aromatic N) is 3. The SMILES string of the molecule is CCCCc1nc(N2CCCCC2)c2sccc2n1. The lowest BCUT2D eigenvalue weighted by molar-refractivity contribution is 0.573. The smallest absolute Gasteiger partial charge is 0.150 e. The zero-order valence-electron chi connectivity index (χ0n) is 11.6. The molecule has 0 atom stereocenters. The third kappa shape index (κ3) is 2.73. The Morgan fingerprint density at radius 1 is 1.21 bits per heavy atom. The van der Waals surface area contributed by atoms with Crippen molar-refractivity contribution in [3.8, 4) is 0 Å². The second kappa shape index (κ2) is 5.87. The van der Waals surface area contributed by atoms with E-state index in [-0.39, 0.29) is 0 Å². The Morgan fingerprint density at radius 3 is 2.84 bits per heavy atom. The highest BCUT2D eigenvalue weighted by molar-refractivity contribution is 7.17. The van der Waals surface area contributed by atoms with Crippen molar-refractivity contribution in [1.82, 2.24) is 9.97 Å². The maximum Gasteiger partial charge on any atom is 0.150 e. The molecule has 0 spiro atoms. The summed E-state index contributed by atoms with van der Waals surface area (Å²) >= 11 is 1.77. The molecular formula is C15H21N3S. The summed E-state index contributed by atoms with van der Waals surface area (Å²) in [5.74, 6) is 2.21. The lowest BCUT2D eigenvalue weighted by Crippen LogP contribution is -2.30. The average molecular weight is 275 g/mol. The highest BCUT2D eigenvalue weighted by atomic mass is 32.1. The van der Waals surface area contributed by atoms with Crippen LogP contribution in [0.15, 0.2) is 11.4 Å². The number of anilines is 1. The van der Waals surface area contributed by atoms with Gasteiger partial charge in [0.05, 0.1) is 10.2 Å². The van der Waals surface area contributed by atoms with Crippen LogP contribution < -0.4 is 4.90 Å². The maximum atomic E-state index is 4.86. The Labute approximate surface area is 118 Å². The second-order valence-electron chi connectivity index (χ2n) is 5.25. The summed E-state index contributed by atoms with van der Waals surface area (Å²) in [6, 6.07) is 2.13. The number of hydrogen-bond acceptors (Lipinski definition) is 4. The molecule has 1 saturated heterocycles. The first-order valence-electron chi connectivity index (χ1n) is 7.37. The number of aryl methyl sites for hydroxylation is 1. The monoisotopic (exact) mass is 275 g/mol. The van der Waals surface area contributed by atoms with Crippen molar-refractivity contribution < 1.29 is 0 Å². The normalized spacial score (nSPS) is 16.2. The van der Waals surface area contributed by atoms with Crippen LogP contribution in [0.4, 0.5) is 5.82 Å². The minimum Gasteiger partial charge on any atom is -0.355 e. The van der Waals surface area contributed by atoms with Crippen LogP contribution in [-0.2, 0) is 6.42 Å². The van der Waals surface area contributed by atoms with E-state index < -0.39 is 0 Å². The summed E-state index contributed by atoms with van der Waals surface area (Å²) in [5, 5.41) is 2.14. The molecule has 1 aliphatic heterocycles. The molecule has 2 aromatic heterocycles. The van der Waals surface area contributed by atoms with Gasteiger partial charge >= 0.3 is 0 Å². The molecule has 0 unspecified atom stereocenters. The average Bonchev–Trinajstić information content (AvgIpc) is 2.93. The molecule has 3 rings (SSSR count). The van der Waals surface area contributed by atoms with E-state index in [1.807, 2.05) is 0 Å². The van der Waals surface area contributed by atoms with Crippen molar-refractivity contribution in [3.05, 3.63) is 17.3 Å². The van der Waals surface area contributed by atoms with Gasteiger partial charge in [0, 0.05) is 19.5 Å². The summed E-state index contributed by atoms with van der Waals surface area (Å²) in [6.07, 6.45) is 7.32. The van der Waals surface area contributed by atoms with Crippen LogP contribution in [0, 0.1) is 0 Å². The molecule has 0 aliphatic carbocycles. The van der Waals surface area contributed by atoms with Gasteiger partial charge in [0.25, 0.3) is 0 Å². The molecule has 0 radical (unpaired) electrons. The van der Waals surface area contributed by atoms with Gasteiger partial charge in [0.2, 0.25) is 0 Å². The topological polar surface area (TPSA) is 29.0 Å². The predicted molar refractivity (Wildman–Crippen MR) is 82.1 cm³/mol. The number of unbranched alkanes of at least 4 members (excludes halogenated alkanes) is 1. The summed E-state index contributed by atoms with van der Waals surface area (Å²) in [7, 11) is 0. The molecule has 102 valence electrons. The quantitative estimate of drug-likeness (QED) is 0.843. The minimum absolute atomic E-state index is 1.00.